The maximum Gasteiger partial charge on any atom is 0.261 e. The Morgan fingerprint density at radius 3 is 2.57 bits per heavy atom. The van der Waals surface area contributed by atoms with Crippen molar-refractivity contribution in [3.8, 4) is 0 Å². The van der Waals surface area contributed by atoms with Crippen LogP contribution in [0.1, 0.15) is 16.7 Å². The van der Waals surface area contributed by atoms with Gasteiger partial charge < -0.3 is 5.32 Å². The minimum atomic E-state index is -3.91. The molecular formula is C19H20N4O4S. The van der Waals surface area contributed by atoms with Crippen LogP contribution in [0.3, 0.4) is 0 Å². The molecule has 0 radical (unpaired) electrons. The van der Waals surface area contributed by atoms with Crippen LogP contribution < -0.4 is 16.0 Å². The highest BCUT2D eigenvalue weighted by Gasteiger charge is 2.15. The van der Waals surface area contributed by atoms with Crippen LogP contribution in [0.4, 0.5) is 5.69 Å². The lowest BCUT2D eigenvalue weighted by Gasteiger charge is -2.13. The van der Waals surface area contributed by atoms with Crippen LogP contribution in [0.5, 0.6) is 0 Å². The van der Waals surface area contributed by atoms with Crippen molar-refractivity contribution in [2.75, 3.05) is 5.32 Å². The summed E-state index contributed by atoms with van der Waals surface area (Å²) in [7, 11) is -3.91. The minimum absolute atomic E-state index is 0.0917. The molecule has 0 aliphatic rings. The van der Waals surface area contributed by atoms with Crippen LogP contribution in [0.25, 0.3) is 10.9 Å². The summed E-state index contributed by atoms with van der Waals surface area (Å²) in [6.45, 7) is 5.08. The highest BCUT2D eigenvalue weighted by atomic mass is 32.2. The molecule has 1 aromatic heterocycles. The van der Waals surface area contributed by atoms with Crippen molar-refractivity contribution >= 4 is 32.5 Å². The highest BCUT2D eigenvalue weighted by Crippen LogP contribution is 2.23. The van der Waals surface area contributed by atoms with Crippen molar-refractivity contribution in [2.45, 2.75) is 32.2 Å². The molecule has 0 fully saturated rings. The van der Waals surface area contributed by atoms with Crippen molar-refractivity contribution in [3.05, 3.63) is 63.7 Å². The molecule has 0 saturated carbocycles. The third kappa shape index (κ3) is 3.80. The molecule has 3 rings (SSSR count). The Balaban J connectivity index is 1.92. The number of amides is 1. The zero-order valence-electron chi connectivity index (χ0n) is 15.7. The van der Waals surface area contributed by atoms with E-state index >= 15 is 0 Å². The molecule has 8 nitrogen and oxygen atoms in total. The van der Waals surface area contributed by atoms with E-state index in [9.17, 15) is 18.0 Å². The number of anilines is 1. The van der Waals surface area contributed by atoms with E-state index in [1.165, 1.54) is 23.0 Å². The molecular weight excluding hydrogens is 380 g/mol. The number of carbonyl (C=O) groups is 1. The normalized spacial score (nSPS) is 11.6. The first-order valence-electron chi connectivity index (χ1n) is 8.46. The number of sulfonamides is 1. The number of fused-ring (bicyclic) bond motifs is 1. The van der Waals surface area contributed by atoms with Gasteiger partial charge in [-0.3, -0.25) is 14.2 Å². The first-order chi connectivity index (χ1) is 13.1. The van der Waals surface area contributed by atoms with Gasteiger partial charge in [-0.25, -0.2) is 18.5 Å². The molecule has 0 aliphatic carbocycles. The number of nitrogens with one attached hydrogen (secondary N) is 1. The average Bonchev–Trinajstić information content (AvgIpc) is 2.61. The fraction of sp³-hybridized carbons (Fsp3) is 0.211. The van der Waals surface area contributed by atoms with E-state index in [1.807, 2.05) is 13.0 Å². The van der Waals surface area contributed by atoms with Crippen LogP contribution in [0.15, 0.2) is 46.3 Å². The summed E-state index contributed by atoms with van der Waals surface area (Å²) < 4.78 is 24.5. The van der Waals surface area contributed by atoms with E-state index in [-0.39, 0.29) is 17.0 Å². The van der Waals surface area contributed by atoms with Crippen LogP contribution >= 0.6 is 0 Å². The number of carbonyl (C=O) groups excluding carboxylic acids is 1. The van der Waals surface area contributed by atoms with Gasteiger partial charge in [0.05, 0.1) is 22.1 Å². The number of nitrogens with two attached hydrogens (primary N) is 1. The van der Waals surface area contributed by atoms with Crippen LogP contribution in [0, 0.1) is 20.8 Å². The lowest BCUT2D eigenvalue weighted by Crippen LogP contribution is -2.28. The Bertz CT molecular complexity index is 1260. The second-order valence-corrected chi connectivity index (χ2v) is 8.22. The zero-order chi connectivity index (χ0) is 20.6. The van der Waals surface area contributed by atoms with Crippen molar-refractivity contribution in [1.82, 2.24) is 9.55 Å². The second kappa shape index (κ2) is 7.17. The largest absolute Gasteiger partial charge is 0.324 e. The van der Waals surface area contributed by atoms with E-state index in [4.69, 9.17) is 5.14 Å². The summed E-state index contributed by atoms with van der Waals surface area (Å²) in [4.78, 5) is 29.3. The summed E-state index contributed by atoms with van der Waals surface area (Å²) in [5, 5.41) is 8.27. The molecule has 0 aliphatic heterocycles. The van der Waals surface area contributed by atoms with Gasteiger partial charge in [-0.05, 0) is 55.7 Å². The number of hydrogen-bond acceptors (Lipinski definition) is 5. The smallest absolute Gasteiger partial charge is 0.261 e. The van der Waals surface area contributed by atoms with E-state index in [0.717, 1.165) is 5.56 Å². The third-order valence-electron chi connectivity index (χ3n) is 4.61. The maximum atomic E-state index is 12.6. The molecule has 0 atom stereocenters. The number of para-hydroxylation sites is 1. The van der Waals surface area contributed by atoms with E-state index in [2.05, 4.69) is 10.3 Å². The van der Waals surface area contributed by atoms with Crippen molar-refractivity contribution in [1.29, 1.82) is 0 Å². The molecule has 9 heteroatoms. The fourth-order valence-corrected chi connectivity index (χ4v) is 3.54. The standard InChI is InChI=1S/C19H20N4O4S/c1-11-5-4-6-15-18(11)21-10-23(19(15)25)9-17(24)22-16-8-14(28(20,26)27)7-12(2)13(16)3/h4-8,10H,9H2,1-3H3,(H,22,24)(H2,20,26,27). The molecule has 3 aromatic rings. The number of aryl methyl sites for hydroxylation is 2. The Morgan fingerprint density at radius 2 is 1.89 bits per heavy atom. The predicted octanol–water partition coefficient (Wildman–Crippen LogP) is 1.61. The predicted molar refractivity (Wildman–Crippen MR) is 107 cm³/mol. The number of primary sulfonamides is 1. The zero-order valence-corrected chi connectivity index (χ0v) is 16.5. The molecule has 1 amide bonds. The summed E-state index contributed by atoms with van der Waals surface area (Å²) in [6, 6.07) is 8.03. The lowest BCUT2D eigenvalue weighted by atomic mass is 10.1. The third-order valence-corrected chi connectivity index (χ3v) is 5.51. The van der Waals surface area contributed by atoms with Gasteiger partial charge in [0.15, 0.2) is 0 Å². The summed E-state index contributed by atoms with van der Waals surface area (Å²) in [5.41, 5.74) is 2.84. The Kier molecular flexibility index (Phi) is 5.05. The van der Waals surface area contributed by atoms with Gasteiger partial charge in [0.25, 0.3) is 5.56 Å². The van der Waals surface area contributed by atoms with Gasteiger partial charge in [-0.2, -0.15) is 0 Å². The number of rotatable bonds is 4. The highest BCUT2D eigenvalue weighted by molar-refractivity contribution is 7.89. The molecule has 0 bridgehead atoms. The van der Waals surface area contributed by atoms with Crippen LogP contribution in [0.2, 0.25) is 0 Å². The molecule has 0 spiro atoms. The molecule has 0 saturated heterocycles. The lowest BCUT2D eigenvalue weighted by molar-refractivity contribution is -0.116. The SMILES string of the molecule is Cc1cc(S(N)(=O)=O)cc(NC(=O)Cn2cnc3c(C)cccc3c2=O)c1C. The fourth-order valence-electron chi connectivity index (χ4n) is 2.91. The number of benzene rings is 2. The van der Waals surface area contributed by atoms with Crippen molar-refractivity contribution in [2.24, 2.45) is 5.14 Å². The van der Waals surface area contributed by atoms with Gasteiger partial charge in [0, 0.05) is 5.69 Å². The molecule has 3 N–H and O–H groups in total. The number of aromatic nitrogens is 2. The molecule has 0 unspecified atom stereocenters. The molecule has 28 heavy (non-hydrogen) atoms. The van der Waals surface area contributed by atoms with Gasteiger partial charge in [-0.1, -0.05) is 12.1 Å². The molecule has 146 valence electrons. The van der Waals surface area contributed by atoms with Gasteiger partial charge in [-0.15, -0.1) is 0 Å². The first-order valence-corrected chi connectivity index (χ1v) is 10.0. The Morgan fingerprint density at radius 1 is 1.18 bits per heavy atom. The topological polar surface area (TPSA) is 124 Å². The van der Waals surface area contributed by atoms with E-state index in [1.54, 1.807) is 26.0 Å². The quantitative estimate of drug-likeness (QED) is 0.688. The monoisotopic (exact) mass is 400 g/mol. The number of nitrogens with zero attached hydrogens (tertiary/aromatic N) is 2. The average molecular weight is 400 g/mol. The van der Waals surface area contributed by atoms with Crippen molar-refractivity contribution in [3.63, 3.8) is 0 Å². The molecule has 1 heterocycles. The Hall–Kier alpha value is -3.04. The summed E-state index contributed by atoms with van der Waals surface area (Å²) in [5.74, 6) is -0.482. The second-order valence-electron chi connectivity index (χ2n) is 6.65. The Labute approximate surface area is 162 Å². The van der Waals surface area contributed by atoms with E-state index in [0.29, 0.717) is 27.7 Å². The van der Waals surface area contributed by atoms with Crippen molar-refractivity contribution < 1.29 is 13.2 Å². The van der Waals surface area contributed by atoms with Gasteiger partial charge in [0.2, 0.25) is 15.9 Å². The van der Waals surface area contributed by atoms with Crippen LogP contribution in [-0.4, -0.2) is 23.9 Å². The molecule has 2 aromatic carbocycles. The summed E-state index contributed by atoms with van der Waals surface area (Å²) >= 11 is 0. The van der Waals surface area contributed by atoms with Gasteiger partial charge >= 0.3 is 0 Å². The first kappa shape index (κ1) is 19.7. The van der Waals surface area contributed by atoms with E-state index < -0.39 is 15.9 Å². The van der Waals surface area contributed by atoms with Gasteiger partial charge in [0.1, 0.15) is 6.54 Å². The maximum absolute atomic E-state index is 12.6. The minimum Gasteiger partial charge on any atom is -0.324 e. The van der Waals surface area contributed by atoms with Crippen LogP contribution in [-0.2, 0) is 21.4 Å². The summed E-state index contributed by atoms with van der Waals surface area (Å²) in [6.07, 6.45) is 1.33. The number of hydrogen-bond donors (Lipinski definition) is 2.